The van der Waals surface area contributed by atoms with E-state index in [1.807, 2.05) is 0 Å². The van der Waals surface area contributed by atoms with Gasteiger partial charge in [-0.15, -0.1) is 0 Å². The molecule has 0 spiro atoms. The summed E-state index contributed by atoms with van der Waals surface area (Å²) in [6.45, 7) is 0. The Morgan fingerprint density at radius 3 is 1.50 bits per heavy atom. The van der Waals surface area contributed by atoms with Gasteiger partial charge in [0.25, 0.3) is 0 Å². The SMILES string of the molecule is c1ccc(-c2ccc(-c3ccc(N(c4ccc(-c5cccc6ccccc56)cc4)c4cccc(-c5cc6ccccc6c6ccccc56)c4)c(-c4ccccc4)c3)c(-n3c4ccccc4c4ccccc43)c2)cc1. The van der Waals surface area contributed by atoms with E-state index in [9.17, 15) is 0 Å². The van der Waals surface area contributed by atoms with Crippen LogP contribution in [0.3, 0.4) is 0 Å². The Morgan fingerprint density at radius 2 is 0.757 bits per heavy atom. The second-order valence-electron chi connectivity index (χ2n) is 19.2. The standard InChI is InChI=1S/C72H48N2/c1-3-19-49(20-4-1)53-39-43-62(72(48-53)74-69-35-15-13-32-65(69)66-33-14-16-36-70(66)74)56-40-44-71(68(47-56)51-21-5-2-6-22-51)73(57-41-37-52(38-42-57)60-34-18-25-50-23-7-9-28-59(50)60)58-27-17-26-54(45-58)67-46-55-24-8-10-29-61(55)63-30-11-12-31-64(63)67/h1-48H. The molecule has 0 bridgehead atoms. The van der Waals surface area contributed by atoms with Crippen LogP contribution in [0, 0.1) is 0 Å². The van der Waals surface area contributed by atoms with E-state index in [0.29, 0.717) is 0 Å². The molecule has 0 radical (unpaired) electrons. The second-order valence-corrected chi connectivity index (χ2v) is 19.2. The average Bonchev–Trinajstić information content (AvgIpc) is 3.82. The summed E-state index contributed by atoms with van der Waals surface area (Å²) in [6.07, 6.45) is 0. The van der Waals surface area contributed by atoms with Crippen LogP contribution in [-0.4, -0.2) is 4.57 Å². The summed E-state index contributed by atoms with van der Waals surface area (Å²) >= 11 is 0. The Balaban J connectivity index is 0.995. The average molecular weight is 941 g/mol. The molecule has 14 aromatic rings. The molecular weight excluding hydrogens is 893 g/mol. The molecular formula is C72H48N2. The van der Waals surface area contributed by atoms with Gasteiger partial charge in [0, 0.05) is 33.3 Å². The van der Waals surface area contributed by atoms with Crippen LogP contribution in [-0.2, 0) is 0 Å². The van der Waals surface area contributed by atoms with Gasteiger partial charge in [-0.05, 0) is 137 Å². The van der Waals surface area contributed by atoms with Crippen LogP contribution < -0.4 is 4.90 Å². The molecule has 14 rings (SSSR count). The molecule has 2 nitrogen and oxygen atoms in total. The van der Waals surface area contributed by atoms with Crippen LogP contribution in [0.4, 0.5) is 17.1 Å². The first kappa shape index (κ1) is 43.1. The van der Waals surface area contributed by atoms with Crippen LogP contribution in [0.5, 0.6) is 0 Å². The Hall–Kier alpha value is -9.76. The van der Waals surface area contributed by atoms with Crippen molar-refractivity contribution in [1.29, 1.82) is 0 Å². The van der Waals surface area contributed by atoms with Crippen molar-refractivity contribution in [3.8, 4) is 61.3 Å². The number of fused-ring (bicyclic) bond motifs is 7. The van der Waals surface area contributed by atoms with Crippen molar-refractivity contribution in [2.24, 2.45) is 0 Å². The van der Waals surface area contributed by atoms with Gasteiger partial charge in [-0.2, -0.15) is 0 Å². The zero-order chi connectivity index (χ0) is 49.0. The minimum absolute atomic E-state index is 1.07. The van der Waals surface area contributed by atoms with Crippen molar-refractivity contribution in [3.63, 3.8) is 0 Å². The van der Waals surface area contributed by atoms with Crippen LogP contribution in [0.2, 0.25) is 0 Å². The zero-order valence-corrected chi connectivity index (χ0v) is 40.6. The molecule has 1 aromatic heterocycles. The molecule has 1 heterocycles. The molecule has 0 aliphatic heterocycles. The second kappa shape index (κ2) is 18.1. The summed E-state index contributed by atoms with van der Waals surface area (Å²) in [6, 6.07) is 107. The van der Waals surface area contributed by atoms with Gasteiger partial charge in [0.05, 0.1) is 22.4 Å². The monoisotopic (exact) mass is 940 g/mol. The van der Waals surface area contributed by atoms with E-state index in [1.54, 1.807) is 0 Å². The normalized spacial score (nSPS) is 11.5. The maximum Gasteiger partial charge on any atom is 0.0546 e. The third-order valence-corrected chi connectivity index (χ3v) is 15.0. The predicted octanol–water partition coefficient (Wildman–Crippen LogP) is 20.0. The van der Waals surface area contributed by atoms with E-state index >= 15 is 0 Å². The molecule has 0 amide bonds. The maximum absolute atomic E-state index is 2.47. The third kappa shape index (κ3) is 7.43. The number of nitrogens with zero attached hydrogens (tertiary/aromatic N) is 2. The summed E-state index contributed by atoms with van der Waals surface area (Å²) in [4.78, 5) is 2.46. The number of rotatable bonds is 9. The van der Waals surface area contributed by atoms with Crippen molar-refractivity contribution in [2.75, 3.05) is 4.90 Å². The Labute approximate surface area is 430 Å². The molecule has 0 saturated heterocycles. The molecule has 74 heavy (non-hydrogen) atoms. The number of anilines is 3. The fourth-order valence-electron chi connectivity index (χ4n) is 11.5. The van der Waals surface area contributed by atoms with E-state index in [0.717, 1.165) is 50.6 Å². The zero-order valence-electron chi connectivity index (χ0n) is 40.6. The lowest BCUT2D eigenvalue weighted by Gasteiger charge is -2.29. The van der Waals surface area contributed by atoms with Gasteiger partial charge in [0.2, 0.25) is 0 Å². The van der Waals surface area contributed by atoms with E-state index in [-0.39, 0.29) is 0 Å². The molecule has 0 atom stereocenters. The van der Waals surface area contributed by atoms with Crippen molar-refractivity contribution in [2.45, 2.75) is 0 Å². The highest BCUT2D eigenvalue weighted by Crippen LogP contribution is 2.47. The Bertz CT molecular complexity index is 4360. The van der Waals surface area contributed by atoms with Crippen LogP contribution in [0.1, 0.15) is 0 Å². The van der Waals surface area contributed by atoms with E-state index in [1.165, 1.54) is 81.9 Å². The van der Waals surface area contributed by atoms with E-state index in [2.05, 4.69) is 301 Å². The summed E-state index contributed by atoms with van der Waals surface area (Å²) in [5, 5.41) is 9.94. The first-order valence-electron chi connectivity index (χ1n) is 25.5. The summed E-state index contributed by atoms with van der Waals surface area (Å²) in [5.74, 6) is 0. The van der Waals surface area contributed by atoms with Gasteiger partial charge >= 0.3 is 0 Å². The number of aromatic nitrogens is 1. The Morgan fingerprint density at radius 1 is 0.230 bits per heavy atom. The summed E-state index contributed by atoms with van der Waals surface area (Å²) < 4.78 is 2.47. The number of para-hydroxylation sites is 2. The lowest BCUT2D eigenvalue weighted by atomic mass is 9.92. The number of benzene rings is 13. The van der Waals surface area contributed by atoms with Crippen LogP contribution >= 0.6 is 0 Å². The smallest absolute Gasteiger partial charge is 0.0546 e. The lowest BCUT2D eigenvalue weighted by Crippen LogP contribution is -2.11. The first-order valence-corrected chi connectivity index (χ1v) is 25.5. The Kier molecular flexibility index (Phi) is 10.6. The van der Waals surface area contributed by atoms with Gasteiger partial charge in [0.1, 0.15) is 0 Å². The van der Waals surface area contributed by atoms with Gasteiger partial charge in [-0.25, -0.2) is 0 Å². The molecule has 13 aromatic carbocycles. The van der Waals surface area contributed by atoms with Crippen molar-refractivity contribution >= 4 is 71.2 Å². The highest BCUT2D eigenvalue weighted by Gasteiger charge is 2.22. The third-order valence-electron chi connectivity index (χ3n) is 15.0. The van der Waals surface area contributed by atoms with Crippen molar-refractivity contribution in [1.82, 2.24) is 4.57 Å². The fraction of sp³-hybridized carbons (Fsp3) is 0. The van der Waals surface area contributed by atoms with E-state index < -0.39 is 0 Å². The van der Waals surface area contributed by atoms with Gasteiger partial charge in [-0.1, -0.05) is 231 Å². The minimum atomic E-state index is 1.07. The first-order chi connectivity index (χ1) is 36.7. The summed E-state index contributed by atoms with van der Waals surface area (Å²) in [7, 11) is 0. The van der Waals surface area contributed by atoms with Crippen LogP contribution in [0.15, 0.2) is 291 Å². The van der Waals surface area contributed by atoms with Gasteiger partial charge < -0.3 is 9.47 Å². The molecule has 346 valence electrons. The fourth-order valence-corrected chi connectivity index (χ4v) is 11.5. The summed E-state index contributed by atoms with van der Waals surface area (Å²) in [5.41, 5.74) is 18.4. The number of hydrogen-bond donors (Lipinski definition) is 0. The van der Waals surface area contributed by atoms with Gasteiger partial charge in [-0.3, -0.25) is 0 Å². The minimum Gasteiger partial charge on any atom is -0.310 e. The van der Waals surface area contributed by atoms with Gasteiger partial charge in [0.15, 0.2) is 0 Å². The topological polar surface area (TPSA) is 8.17 Å². The maximum atomic E-state index is 2.47. The van der Waals surface area contributed by atoms with E-state index in [4.69, 9.17) is 0 Å². The highest BCUT2D eigenvalue weighted by atomic mass is 15.1. The molecule has 0 N–H and O–H groups in total. The highest BCUT2D eigenvalue weighted by molar-refractivity contribution is 6.14. The number of hydrogen-bond acceptors (Lipinski definition) is 1. The van der Waals surface area contributed by atoms with Crippen molar-refractivity contribution < 1.29 is 0 Å². The largest absolute Gasteiger partial charge is 0.310 e. The molecule has 0 unspecified atom stereocenters. The molecule has 0 aliphatic rings. The molecule has 0 fully saturated rings. The predicted molar refractivity (Wildman–Crippen MR) is 315 cm³/mol. The molecule has 0 saturated carbocycles. The van der Waals surface area contributed by atoms with Crippen LogP contribution in [0.25, 0.3) is 115 Å². The quantitative estimate of drug-likeness (QED) is 0.131. The molecule has 0 aliphatic carbocycles. The van der Waals surface area contributed by atoms with Crippen molar-refractivity contribution in [3.05, 3.63) is 291 Å². The lowest BCUT2D eigenvalue weighted by molar-refractivity contribution is 1.18. The molecule has 2 heteroatoms.